The van der Waals surface area contributed by atoms with Crippen LogP contribution in [0.5, 0.6) is 0 Å². The highest BCUT2D eigenvalue weighted by Crippen LogP contribution is 2.04. The molecule has 0 aliphatic carbocycles. The summed E-state index contributed by atoms with van der Waals surface area (Å²) in [7, 11) is 0. The maximum Gasteiger partial charge on any atom is 0.316 e. The average molecular weight is 191 g/mol. The number of rotatable bonds is 1. The standard InChI is InChI=1S/C9H9N3O2/c1-2-12-7-3-4-10-5-6(7)11-8(13)9(12)14/h3-5H,2H2,1H3,(H,11,13). The minimum Gasteiger partial charge on any atom is -0.315 e. The van der Waals surface area contributed by atoms with E-state index in [0.717, 1.165) is 0 Å². The Hall–Kier alpha value is -1.91. The van der Waals surface area contributed by atoms with E-state index in [0.29, 0.717) is 17.6 Å². The van der Waals surface area contributed by atoms with Crippen molar-refractivity contribution in [3.05, 3.63) is 39.2 Å². The number of aromatic amines is 1. The molecule has 0 aliphatic rings. The van der Waals surface area contributed by atoms with Gasteiger partial charge in [0, 0.05) is 12.7 Å². The second kappa shape index (κ2) is 3.10. The molecule has 2 aromatic heterocycles. The van der Waals surface area contributed by atoms with Gasteiger partial charge in [-0.25, -0.2) is 0 Å². The quantitative estimate of drug-likeness (QED) is 0.650. The lowest BCUT2D eigenvalue weighted by Gasteiger charge is -2.04. The first-order chi connectivity index (χ1) is 6.74. The van der Waals surface area contributed by atoms with Gasteiger partial charge in [-0.1, -0.05) is 0 Å². The van der Waals surface area contributed by atoms with E-state index in [2.05, 4.69) is 9.97 Å². The molecular weight excluding hydrogens is 182 g/mol. The molecule has 0 atom stereocenters. The normalized spacial score (nSPS) is 10.6. The van der Waals surface area contributed by atoms with Crippen molar-refractivity contribution in [1.29, 1.82) is 0 Å². The number of aryl methyl sites for hydroxylation is 1. The van der Waals surface area contributed by atoms with E-state index in [4.69, 9.17) is 0 Å². The molecule has 0 aliphatic heterocycles. The van der Waals surface area contributed by atoms with Crippen LogP contribution in [-0.2, 0) is 6.54 Å². The smallest absolute Gasteiger partial charge is 0.315 e. The van der Waals surface area contributed by atoms with E-state index < -0.39 is 11.1 Å². The summed E-state index contributed by atoms with van der Waals surface area (Å²) >= 11 is 0. The monoisotopic (exact) mass is 191 g/mol. The van der Waals surface area contributed by atoms with Crippen LogP contribution < -0.4 is 11.1 Å². The van der Waals surface area contributed by atoms with Crippen molar-refractivity contribution in [2.24, 2.45) is 0 Å². The van der Waals surface area contributed by atoms with Crippen molar-refractivity contribution in [1.82, 2.24) is 14.5 Å². The van der Waals surface area contributed by atoms with Crippen molar-refractivity contribution >= 4 is 11.0 Å². The number of aromatic nitrogens is 3. The molecule has 0 radical (unpaired) electrons. The van der Waals surface area contributed by atoms with Gasteiger partial charge in [0.15, 0.2) is 0 Å². The highest BCUT2D eigenvalue weighted by molar-refractivity contribution is 5.72. The molecule has 72 valence electrons. The number of hydrogen-bond donors (Lipinski definition) is 1. The third kappa shape index (κ3) is 1.14. The van der Waals surface area contributed by atoms with Gasteiger partial charge in [0.05, 0.1) is 17.2 Å². The highest BCUT2D eigenvalue weighted by Gasteiger charge is 2.04. The predicted octanol–water partition coefficient (Wildman–Crippen LogP) is 0.105. The summed E-state index contributed by atoms with van der Waals surface area (Å²) in [6.45, 7) is 2.30. The molecule has 0 saturated heterocycles. The lowest BCUT2D eigenvalue weighted by atomic mass is 10.3. The van der Waals surface area contributed by atoms with Crippen LogP contribution in [0.15, 0.2) is 28.0 Å². The molecular formula is C9H9N3O2. The van der Waals surface area contributed by atoms with Crippen LogP contribution >= 0.6 is 0 Å². The van der Waals surface area contributed by atoms with Gasteiger partial charge in [0.2, 0.25) is 0 Å². The Balaban J connectivity index is 3.04. The first-order valence-electron chi connectivity index (χ1n) is 4.31. The van der Waals surface area contributed by atoms with E-state index in [-0.39, 0.29) is 0 Å². The van der Waals surface area contributed by atoms with E-state index >= 15 is 0 Å². The zero-order valence-electron chi connectivity index (χ0n) is 7.65. The number of pyridine rings is 1. The SMILES string of the molecule is CCn1c(=O)c(=O)[nH]c2cnccc21. The molecule has 0 spiro atoms. The Morgan fingerprint density at radius 3 is 3.00 bits per heavy atom. The summed E-state index contributed by atoms with van der Waals surface area (Å²) in [5.41, 5.74) is 0.157. The lowest BCUT2D eigenvalue weighted by Crippen LogP contribution is -2.35. The zero-order valence-corrected chi connectivity index (χ0v) is 7.65. The van der Waals surface area contributed by atoms with Crippen LogP contribution in [-0.4, -0.2) is 14.5 Å². The summed E-state index contributed by atoms with van der Waals surface area (Å²) in [4.78, 5) is 29.0. The van der Waals surface area contributed by atoms with E-state index in [9.17, 15) is 9.59 Å². The molecule has 1 N–H and O–H groups in total. The third-order valence-corrected chi connectivity index (χ3v) is 2.09. The molecule has 0 amide bonds. The van der Waals surface area contributed by atoms with Crippen LogP contribution in [0.1, 0.15) is 6.92 Å². The number of fused-ring (bicyclic) bond motifs is 1. The molecule has 14 heavy (non-hydrogen) atoms. The fourth-order valence-corrected chi connectivity index (χ4v) is 1.44. The van der Waals surface area contributed by atoms with Gasteiger partial charge in [0.25, 0.3) is 0 Å². The predicted molar refractivity (Wildman–Crippen MR) is 52.3 cm³/mol. The molecule has 5 heteroatoms. The molecule has 0 unspecified atom stereocenters. The summed E-state index contributed by atoms with van der Waals surface area (Å²) in [6, 6.07) is 1.70. The fourth-order valence-electron chi connectivity index (χ4n) is 1.44. The van der Waals surface area contributed by atoms with Gasteiger partial charge in [-0.3, -0.25) is 14.6 Å². The maximum absolute atomic E-state index is 11.4. The summed E-state index contributed by atoms with van der Waals surface area (Å²) < 4.78 is 1.43. The zero-order chi connectivity index (χ0) is 10.1. The molecule has 0 fully saturated rings. The topological polar surface area (TPSA) is 67.8 Å². The first kappa shape index (κ1) is 8.68. The molecule has 2 heterocycles. The first-order valence-corrected chi connectivity index (χ1v) is 4.31. The Labute approximate surface area is 79.0 Å². The number of H-pyrrole nitrogens is 1. The summed E-state index contributed by atoms with van der Waals surface area (Å²) in [6.07, 6.45) is 3.12. The molecule has 0 bridgehead atoms. The van der Waals surface area contributed by atoms with E-state index in [1.54, 1.807) is 12.3 Å². The van der Waals surface area contributed by atoms with Crippen molar-refractivity contribution in [3.63, 3.8) is 0 Å². The fraction of sp³-hybridized carbons (Fsp3) is 0.222. The van der Waals surface area contributed by atoms with Gasteiger partial charge in [-0.2, -0.15) is 0 Å². The lowest BCUT2D eigenvalue weighted by molar-refractivity contribution is 0.743. The third-order valence-electron chi connectivity index (χ3n) is 2.09. The largest absolute Gasteiger partial charge is 0.316 e. The number of hydrogen-bond acceptors (Lipinski definition) is 3. The van der Waals surface area contributed by atoms with Crippen molar-refractivity contribution < 1.29 is 0 Å². The number of nitrogens with one attached hydrogen (secondary N) is 1. The van der Waals surface area contributed by atoms with Crippen LogP contribution in [0.25, 0.3) is 11.0 Å². The van der Waals surface area contributed by atoms with Crippen LogP contribution in [0.3, 0.4) is 0 Å². The number of nitrogens with zero attached hydrogens (tertiary/aromatic N) is 2. The molecule has 2 aromatic rings. The Bertz CT molecular complexity index is 582. The molecule has 0 saturated carbocycles. The van der Waals surface area contributed by atoms with Gasteiger partial charge in [-0.15, -0.1) is 0 Å². The Morgan fingerprint density at radius 1 is 1.50 bits per heavy atom. The second-order valence-electron chi connectivity index (χ2n) is 2.90. The Kier molecular flexibility index (Phi) is 1.92. The highest BCUT2D eigenvalue weighted by atomic mass is 16.2. The van der Waals surface area contributed by atoms with Gasteiger partial charge in [0.1, 0.15) is 0 Å². The molecule has 0 aromatic carbocycles. The van der Waals surface area contributed by atoms with E-state index in [1.165, 1.54) is 10.8 Å². The summed E-state index contributed by atoms with van der Waals surface area (Å²) in [5.74, 6) is 0. The van der Waals surface area contributed by atoms with Crippen molar-refractivity contribution in [2.75, 3.05) is 0 Å². The van der Waals surface area contributed by atoms with Crippen LogP contribution in [0.4, 0.5) is 0 Å². The van der Waals surface area contributed by atoms with Crippen LogP contribution in [0.2, 0.25) is 0 Å². The maximum atomic E-state index is 11.4. The van der Waals surface area contributed by atoms with Crippen molar-refractivity contribution in [2.45, 2.75) is 13.5 Å². The van der Waals surface area contributed by atoms with Crippen LogP contribution in [0, 0.1) is 0 Å². The van der Waals surface area contributed by atoms with Crippen molar-refractivity contribution in [3.8, 4) is 0 Å². The van der Waals surface area contributed by atoms with Gasteiger partial charge >= 0.3 is 11.1 Å². The second-order valence-corrected chi connectivity index (χ2v) is 2.90. The van der Waals surface area contributed by atoms with E-state index in [1.807, 2.05) is 6.92 Å². The molecule has 2 rings (SSSR count). The summed E-state index contributed by atoms with van der Waals surface area (Å²) in [5, 5.41) is 0. The van der Waals surface area contributed by atoms with Gasteiger partial charge in [-0.05, 0) is 13.0 Å². The minimum absolute atomic E-state index is 0.475. The Morgan fingerprint density at radius 2 is 2.29 bits per heavy atom. The van der Waals surface area contributed by atoms with Gasteiger partial charge < -0.3 is 9.55 Å². The molecule has 5 nitrogen and oxygen atoms in total. The average Bonchev–Trinajstić information content (AvgIpc) is 2.20. The minimum atomic E-state index is -0.604.